The number of thiazole rings is 1. The molecule has 0 aliphatic carbocycles. The summed E-state index contributed by atoms with van der Waals surface area (Å²) in [7, 11) is 1.32. The summed E-state index contributed by atoms with van der Waals surface area (Å²) in [5.74, 6) is -0.945. The van der Waals surface area contributed by atoms with Crippen LogP contribution in [0.15, 0.2) is 35.7 Å². The van der Waals surface area contributed by atoms with Gasteiger partial charge in [0.25, 0.3) is 5.65 Å². The highest BCUT2D eigenvalue weighted by Gasteiger charge is 2.25. The van der Waals surface area contributed by atoms with E-state index in [1.165, 1.54) is 22.8 Å². The van der Waals surface area contributed by atoms with Crippen molar-refractivity contribution in [3.8, 4) is 5.88 Å². The van der Waals surface area contributed by atoms with Gasteiger partial charge in [0, 0.05) is 12.3 Å². The van der Waals surface area contributed by atoms with E-state index in [0.717, 1.165) is 11.1 Å². The first-order valence-corrected chi connectivity index (χ1v) is 7.72. The molecule has 0 aliphatic rings. The molecule has 9 heteroatoms. The lowest BCUT2D eigenvalue weighted by Crippen LogP contribution is -2.24. The maximum absolute atomic E-state index is 12.5. The number of carbonyl (C=O) groups excluding carboxylic acids is 1. The largest absolute Gasteiger partial charge is 0.839 e. The molecule has 3 aromatic heterocycles. The number of Topliss-reactive ketones (excluding diaryl/α,β-unsaturated/α-hetero) is 1. The van der Waals surface area contributed by atoms with Crippen LogP contribution in [0, 0.1) is 0 Å². The Morgan fingerprint density at radius 1 is 1.61 bits per heavy atom. The Morgan fingerprint density at radius 2 is 2.43 bits per heavy atom. The Bertz CT molecular complexity index is 903. The molecule has 118 valence electrons. The molecule has 23 heavy (non-hydrogen) atoms. The molecule has 0 N–H and O–H groups in total. The van der Waals surface area contributed by atoms with Gasteiger partial charge in [0.1, 0.15) is 25.7 Å². The Hall–Kier alpha value is -2.45. The molecule has 0 aliphatic heterocycles. The van der Waals surface area contributed by atoms with E-state index in [4.69, 9.17) is 11.6 Å². The van der Waals surface area contributed by atoms with Crippen molar-refractivity contribution in [3.05, 3.63) is 45.6 Å². The molecule has 0 atom stereocenters. The third-order valence-electron chi connectivity index (χ3n) is 3.15. The molecule has 0 spiro atoms. The van der Waals surface area contributed by atoms with E-state index in [0.29, 0.717) is 16.7 Å². The molecule has 0 saturated carbocycles. The van der Waals surface area contributed by atoms with Crippen LogP contribution in [0.5, 0.6) is 5.88 Å². The van der Waals surface area contributed by atoms with Crippen molar-refractivity contribution < 1.29 is 19.1 Å². The van der Waals surface area contributed by atoms with Crippen molar-refractivity contribution in [2.24, 2.45) is 5.16 Å². The third-order valence-corrected chi connectivity index (χ3v) is 4.25. The van der Waals surface area contributed by atoms with Crippen molar-refractivity contribution >= 4 is 40.6 Å². The first-order valence-electron chi connectivity index (χ1n) is 6.52. The summed E-state index contributed by atoms with van der Waals surface area (Å²) in [4.78, 5) is 21.6. The molecule has 0 fully saturated rings. The number of fused-ring (bicyclic) bond motifs is 1. The van der Waals surface area contributed by atoms with Gasteiger partial charge in [0.05, 0.1) is 11.1 Å². The highest BCUT2D eigenvalue weighted by atomic mass is 35.5. The highest BCUT2D eigenvalue weighted by Crippen LogP contribution is 2.22. The molecule has 3 rings (SSSR count). The van der Waals surface area contributed by atoms with Crippen LogP contribution in [0.1, 0.15) is 15.4 Å². The van der Waals surface area contributed by atoms with Crippen LogP contribution in [-0.2, 0) is 11.4 Å². The summed E-state index contributed by atoms with van der Waals surface area (Å²) < 4.78 is 3.44. The highest BCUT2D eigenvalue weighted by molar-refractivity contribution is 7.15. The zero-order valence-corrected chi connectivity index (χ0v) is 13.5. The van der Waals surface area contributed by atoms with Gasteiger partial charge in [-0.05, 0) is 6.07 Å². The molecule has 0 bridgehead atoms. The van der Waals surface area contributed by atoms with Gasteiger partial charge in [-0.1, -0.05) is 22.8 Å². The first-order chi connectivity index (χ1) is 11.1. The average molecular weight is 351 g/mol. The number of carbonyl (C=O) groups is 1. The summed E-state index contributed by atoms with van der Waals surface area (Å²) in [6.07, 6.45) is 4.21. The first kappa shape index (κ1) is 15.4. The van der Waals surface area contributed by atoms with E-state index in [9.17, 15) is 9.90 Å². The van der Waals surface area contributed by atoms with Crippen molar-refractivity contribution in [2.75, 3.05) is 7.11 Å². The van der Waals surface area contributed by atoms with E-state index in [1.807, 2.05) is 0 Å². The van der Waals surface area contributed by atoms with E-state index in [-0.39, 0.29) is 5.69 Å². The fourth-order valence-corrected chi connectivity index (χ4v) is 3.21. The molecule has 0 saturated heterocycles. The SMILES string of the molecule is CO/N=C/C(=O)c1c([O-])[n+]2ccccc2n1Cc1cnc(Cl)s1. The second kappa shape index (κ2) is 6.35. The van der Waals surface area contributed by atoms with Gasteiger partial charge in [-0.2, -0.15) is 0 Å². The van der Waals surface area contributed by atoms with Crippen LogP contribution in [0.4, 0.5) is 0 Å². The number of oxime groups is 1. The Kier molecular flexibility index (Phi) is 4.26. The topological polar surface area (TPSA) is 83.6 Å². The van der Waals surface area contributed by atoms with Crippen LogP contribution >= 0.6 is 22.9 Å². The number of hydrogen-bond acceptors (Lipinski definition) is 6. The molecule has 7 nitrogen and oxygen atoms in total. The van der Waals surface area contributed by atoms with Gasteiger partial charge in [0.15, 0.2) is 4.47 Å². The quantitative estimate of drug-likeness (QED) is 0.300. The number of ketones is 1. The monoisotopic (exact) mass is 350 g/mol. The molecular formula is C14H11ClN4O3S. The minimum absolute atomic E-state index is 0.00141. The van der Waals surface area contributed by atoms with Crippen LogP contribution in [0.3, 0.4) is 0 Å². The summed E-state index contributed by atoms with van der Waals surface area (Å²) in [5.41, 5.74) is 0.595. The number of hydrogen-bond donors (Lipinski definition) is 0. The van der Waals surface area contributed by atoms with E-state index < -0.39 is 11.7 Å². The standard InChI is InChI=1S/C14H11ClN4O3S/c1-22-17-7-10(20)12-13(21)18-5-3-2-4-11(18)19(12)8-9-6-16-14(15)23-9/h2-7H,8H2,1H3/b17-7+. The maximum atomic E-state index is 12.5. The van der Waals surface area contributed by atoms with E-state index in [1.54, 1.807) is 35.2 Å². The van der Waals surface area contributed by atoms with Gasteiger partial charge >= 0.3 is 0 Å². The van der Waals surface area contributed by atoms with Crippen molar-refractivity contribution in [1.82, 2.24) is 9.55 Å². The van der Waals surface area contributed by atoms with Crippen molar-refractivity contribution in [3.63, 3.8) is 0 Å². The molecule has 0 aromatic carbocycles. The second-order valence-electron chi connectivity index (χ2n) is 4.53. The predicted molar refractivity (Wildman–Crippen MR) is 83.1 cm³/mol. The van der Waals surface area contributed by atoms with Crippen LogP contribution in [0.25, 0.3) is 5.65 Å². The zero-order chi connectivity index (χ0) is 16.4. The van der Waals surface area contributed by atoms with E-state index >= 15 is 0 Å². The summed E-state index contributed by atoms with van der Waals surface area (Å²) >= 11 is 7.14. The summed E-state index contributed by atoms with van der Waals surface area (Å²) in [6, 6.07) is 5.27. The van der Waals surface area contributed by atoms with Gasteiger partial charge in [-0.3, -0.25) is 4.79 Å². The Morgan fingerprint density at radius 3 is 3.13 bits per heavy atom. The van der Waals surface area contributed by atoms with Gasteiger partial charge < -0.3 is 9.94 Å². The molecule has 0 unspecified atom stereocenters. The second-order valence-corrected chi connectivity index (χ2v) is 6.23. The maximum Gasteiger partial charge on any atom is 0.286 e. The fraction of sp³-hybridized carbons (Fsp3) is 0.143. The fourth-order valence-electron chi connectivity index (χ4n) is 2.24. The molecule has 0 radical (unpaired) electrons. The van der Waals surface area contributed by atoms with Gasteiger partial charge in [0.2, 0.25) is 11.5 Å². The van der Waals surface area contributed by atoms with Crippen LogP contribution in [-0.4, -0.2) is 28.7 Å². The van der Waals surface area contributed by atoms with Crippen molar-refractivity contribution in [2.45, 2.75) is 6.54 Å². The smallest absolute Gasteiger partial charge is 0.286 e. The third kappa shape index (κ3) is 2.90. The number of halogens is 1. The van der Waals surface area contributed by atoms with Gasteiger partial charge in [-0.25, -0.2) is 14.0 Å². The minimum atomic E-state index is -0.531. The number of rotatable bonds is 5. The molecular weight excluding hydrogens is 340 g/mol. The minimum Gasteiger partial charge on any atom is -0.839 e. The number of aromatic nitrogens is 3. The average Bonchev–Trinajstić information content (AvgIpc) is 3.08. The molecule has 3 aromatic rings. The van der Waals surface area contributed by atoms with Crippen LogP contribution < -0.4 is 9.51 Å². The number of imidazole rings is 1. The Balaban J connectivity index is 2.16. The number of nitrogens with zero attached hydrogens (tertiary/aromatic N) is 4. The lowest BCUT2D eigenvalue weighted by Gasteiger charge is -2.01. The van der Waals surface area contributed by atoms with Crippen molar-refractivity contribution in [1.29, 1.82) is 0 Å². The zero-order valence-electron chi connectivity index (χ0n) is 12.0. The van der Waals surface area contributed by atoms with E-state index in [2.05, 4.69) is 15.0 Å². The van der Waals surface area contributed by atoms with Gasteiger partial charge in [-0.15, -0.1) is 11.3 Å². The Labute approximate surface area is 140 Å². The predicted octanol–water partition coefficient (Wildman–Crippen LogP) is 1.27. The lowest BCUT2D eigenvalue weighted by molar-refractivity contribution is -0.582. The summed E-state index contributed by atoms with van der Waals surface area (Å²) in [5, 5.41) is 16.0. The molecule has 3 heterocycles. The van der Waals surface area contributed by atoms with Crippen LogP contribution in [0.2, 0.25) is 4.47 Å². The molecule has 0 amide bonds. The summed E-state index contributed by atoms with van der Waals surface area (Å²) in [6.45, 7) is 0.308. The lowest BCUT2D eigenvalue weighted by atomic mass is 10.3. The normalized spacial score (nSPS) is 11.4. The number of pyridine rings is 1.